The molecule has 1 saturated heterocycles. The zero-order valence-corrected chi connectivity index (χ0v) is 12.3. The van der Waals surface area contributed by atoms with E-state index in [2.05, 4.69) is 39.6 Å². The Bertz CT molecular complexity index is 571. The number of rotatable bonds is 5. The molecule has 1 aliphatic heterocycles. The molecule has 1 aromatic heterocycles. The Balaban J connectivity index is 1.31. The van der Waals surface area contributed by atoms with Gasteiger partial charge in [-0.1, -0.05) is 12.1 Å². The van der Waals surface area contributed by atoms with Gasteiger partial charge < -0.3 is 5.32 Å². The number of benzene rings is 1. The Hall–Kier alpha value is -1.65. The molecule has 2 heterocycles. The zero-order valence-electron chi connectivity index (χ0n) is 12.3. The molecule has 2 fully saturated rings. The van der Waals surface area contributed by atoms with Crippen molar-refractivity contribution in [3.63, 3.8) is 0 Å². The van der Waals surface area contributed by atoms with Crippen LogP contribution in [0.5, 0.6) is 0 Å². The van der Waals surface area contributed by atoms with Crippen molar-refractivity contribution < 1.29 is 0 Å². The fraction of sp³-hybridized carbons (Fsp3) is 0.471. The topological polar surface area (TPSA) is 33.1 Å². The van der Waals surface area contributed by atoms with Gasteiger partial charge in [0.25, 0.3) is 0 Å². The summed E-state index contributed by atoms with van der Waals surface area (Å²) in [6, 6.07) is 12.2. The smallest absolute Gasteiger partial charge is 0.0645 e. The quantitative estimate of drug-likeness (QED) is 0.912. The summed E-state index contributed by atoms with van der Waals surface area (Å²) in [6.07, 6.45) is 7.91. The van der Waals surface area contributed by atoms with Crippen LogP contribution in [0.3, 0.4) is 0 Å². The van der Waals surface area contributed by atoms with Gasteiger partial charge in [-0.15, -0.1) is 0 Å². The third-order valence-corrected chi connectivity index (χ3v) is 4.58. The van der Waals surface area contributed by atoms with Gasteiger partial charge in [0.05, 0.1) is 5.69 Å². The highest BCUT2D eigenvalue weighted by Crippen LogP contribution is 2.29. The number of hydrogen-bond donors (Lipinski definition) is 1. The maximum absolute atomic E-state index is 4.25. The number of hydrogen-bond acceptors (Lipinski definition) is 3. The van der Waals surface area contributed by atoms with Gasteiger partial charge in [0, 0.05) is 44.1 Å². The van der Waals surface area contributed by atoms with Gasteiger partial charge in [0.1, 0.15) is 0 Å². The fourth-order valence-corrected chi connectivity index (χ4v) is 3.18. The van der Waals surface area contributed by atoms with E-state index in [4.69, 9.17) is 0 Å². The van der Waals surface area contributed by atoms with Crippen LogP contribution in [0.25, 0.3) is 5.69 Å². The van der Waals surface area contributed by atoms with Crippen molar-refractivity contribution in [2.24, 2.45) is 0 Å². The highest BCUT2D eigenvalue weighted by molar-refractivity contribution is 5.33. The maximum atomic E-state index is 4.25. The molecular formula is C17H22N4. The molecule has 0 radical (unpaired) electrons. The van der Waals surface area contributed by atoms with Gasteiger partial charge in [-0.3, -0.25) is 4.90 Å². The molecule has 1 saturated carbocycles. The molecule has 4 heteroatoms. The van der Waals surface area contributed by atoms with Crippen LogP contribution >= 0.6 is 0 Å². The molecule has 2 aromatic rings. The van der Waals surface area contributed by atoms with Crippen molar-refractivity contribution in [1.82, 2.24) is 20.0 Å². The van der Waals surface area contributed by atoms with E-state index in [9.17, 15) is 0 Å². The van der Waals surface area contributed by atoms with Gasteiger partial charge in [-0.2, -0.15) is 5.10 Å². The Morgan fingerprint density at radius 1 is 1.14 bits per heavy atom. The predicted molar refractivity (Wildman–Crippen MR) is 83.4 cm³/mol. The minimum atomic E-state index is 0.663. The van der Waals surface area contributed by atoms with E-state index in [0.717, 1.165) is 18.3 Å². The molecule has 1 N–H and O–H groups in total. The molecule has 4 rings (SSSR count). The van der Waals surface area contributed by atoms with Gasteiger partial charge in [-0.25, -0.2) is 4.68 Å². The predicted octanol–water partition coefficient (Wildman–Crippen LogP) is 2.20. The molecule has 0 amide bonds. The van der Waals surface area contributed by atoms with E-state index in [1.54, 1.807) is 6.20 Å². The monoisotopic (exact) mass is 282 g/mol. The van der Waals surface area contributed by atoms with Crippen LogP contribution in [-0.4, -0.2) is 39.9 Å². The maximum Gasteiger partial charge on any atom is 0.0645 e. The van der Waals surface area contributed by atoms with E-state index in [-0.39, 0.29) is 0 Å². The molecule has 2 aliphatic rings. The summed E-state index contributed by atoms with van der Waals surface area (Å²) in [6.45, 7) is 3.47. The van der Waals surface area contributed by atoms with Crippen LogP contribution in [0.4, 0.5) is 0 Å². The molecule has 21 heavy (non-hydrogen) atoms. The number of likely N-dealkylation sites (tertiary alicyclic amines) is 1. The van der Waals surface area contributed by atoms with Crippen LogP contribution in [-0.2, 0) is 6.54 Å². The second kappa shape index (κ2) is 5.62. The summed E-state index contributed by atoms with van der Waals surface area (Å²) < 4.78 is 1.89. The first-order valence-electron chi connectivity index (χ1n) is 7.95. The molecule has 0 bridgehead atoms. The van der Waals surface area contributed by atoms with Crippen LogP contribution in [0.1, 0.15) is 24.8 Å². The molecular weight excluding hydrogens is 260 g/mol. The largest absolute Gasteiger partial charge is 0.309 e. The van der Waals surface area contributed by atoms with Crippen LogP contribution in [0, 0.1) is 0 Å². The van der Waals surface area contributed by atoms with E-state index in [1.807, 2.05) is 16.9 Å². The summed E-state index contributed by atoms with van der Waals surface area (Å²) >= 11 is 0. The lowest BCUT2D eigenvalue weighted by atomic mass is 10.2. The molecule has 1 aromatic carbocycles. The highest BCUT2D eigenvalue weighted by Gasteiger charge is 2.33. The first-order chi connectivity index (χ1) is 10.4. The first-order valence-corrected chi connectivity index (χ1v) is 7.95. The average Bonchev–Trinajstić information content (AvgIpc) is 3.04. The number of nitrogens with one attached hydrogen (secondary N) is 1. The van der Waals surface area contributed by atoms with Crippen molar-refractivity contribution in [3.8, 4) is 5.69 Å². The minimum Gasteiger partial charge on any atom is -0.309 e. The molecule has 1 atom stereocenters. The van der Waals surface area contributed by atoms with Crippen molar-refractivity contribution >= 4 is 0 Å². The zero-order chi connectivity index (χ0) is 14.1. The van der Waals surface area contributed by atoms with Crippen LogP contribution < -0.4 is 5.32 Å². The Morgan fingerprint density at radius 2 is 2.00 bits per heavy atom. The normalized spacial score (nSPS) is 22.8. The Labute approximate surface area is 125 Å². The van der Waals surface area contributed by atoms with Crippen LogP contribution in [0.15, 0.2) is 42.7 Å². The summed E-state index contributed by atoms with van der Waals surface area (Å²) in [5.74, 6) is 0. The molecule has 1 aliphatic carbocycles. The minimum absolute atomic E-state index is 0.663. The second-order valence-corrected chi connectivity index (χ2v) is 6.21. The fourth-order valence-electron chi connectivity index (χ4n) is 3.18. The Kier molecular flexibility index (Phi) is 3.49. The lowest BCUT2D eigenvalue weighted by molar-refractivity contribution is 0.317. The van der Waals surface area contributed by atoms with Crippen molar-refractivity contribution in [1.29, 1.82) is 0 Å². The average molecular weight is 282 g/mol. The first kappa shape index (κ1) is 13.0. The molecule has 110 valence electrons. The molecule has 4 nitrogen and oxygen atoms in total. The van der Waals surface area contributed by atoms with Crippen LogP contribution in [0.2, 0.25) is 0 Å². The van der Waals surface area contributed by atoms with Gasteiger partial charge in [-0.05, 0) is 43.0 Å². The van der Waals surface area contributed by atoms with Crippen molar-refractivity contribution in [2.45, 2.75) is 37.9 Å². The third kappa shape index (κ3) is 3.01. The number of aromatic nitrogens is 2. The molecule has 0 spiro atoms. The second-order valence-electron chi connectivity index (χ2n) is 6.21. The van der Waals surface area contributed by atoms with Crippen molar-refractivity contribution in [2.75, 3.05) is 13.1 Å². The summed E-state index contributed by atoms with van der Waals surface area (Å²) in [7, 11) is 0. The number of nitrogens with zero attached hydrogens (tertiary/aromatic N) is 3. The standard InChI is InChI=1S/C17H22N4/c1-9-19-21(10-1)17-4-2-14(3-5-17)12-18-15-8-11-20(13-15)16-6-7-16/h1-5,9-10,15-16,18H,6-8,11-13H2. The van der Waals surface area contributed by atoms with Crippen molar-refractivity contribution in [3.05, 3.63) is 48.3 Å². The lowest BCUT2D eigenvalue weighted by Crippen LogP contribution is -2.32. The summed E-state index contributed by atoms with van der Waals surface area (Å²) in [5, 5.41) is 7.95. The van der Waals surface area contributed by atoms with E-state index < -0.39 is 0 Å². The van der Waals surface area contributed by atoms with Gasteiger partial charge in [0.2, 0.25) is 0 Å². The van der Waals surface area contributed by atoms with E-state index >= 15 is 0 Å². The summed E-state index contributed by atoms with van der Waals surface area (Å²) in [4.78, 5) is 2.65. The Morgan fingerprint density at radius 3 is 2.71 bits per heavy atom. The van der Waals surface area contributed by atoms with Gasteiger partial charge >= 0.3 is 0 Å². The SMILES string of the molecule is c1cnn(-c2ccc(CNC3CCN(C4CC4)C3)cc2)c1. The van der Waals surface area contributed by atoms with E-state index in [0.29, 0.717) is 6.04 Å². The van der Waals surface area contributed by atoms with E-state index in [1.165, 1.54) is 37.9 Å². The highest BCUT2D eigenvalue weighted by atomic mass is 15.3. The third-order valence-electron chi connectivity index (χ3n) is 4.58. The summed E-state index contributed by atoms with van der Waals surface area (Å²) in [5.41, 5.74) is 2.46. The molecule has 1 unspecified atom stereocenters. The lowest BCUT2D eigenvalue weighted by Gasteiger charge is -2.16. The van der Waals surface area contributed by atoms with Gasteiger partial charge in [0.15, 0.2) is 0 Å².